The normalized spacial score (nSPS) is 31.0. The van der Waals surface area contributed by atoms with E-state index in [-0.39, 0.29) is 6.10 Å². The Balaban J connectivity index is 2.27. The third-order valence-corrected chi connectivity index (χ3v) is 2.05. The smallest absolute Gasteiger partial charge is 0.0781 e. The van der Waals surface area contributed by atoms with Crippen LogP contribution in [0.25, 0.3) is 0 Å². The second kappa shape index (κ2) is 4.60. The molecule has 2 nitrogen and oxygen atoms in total. The lowest BCUT2D eigenvalue weighted by Crippen LogP contribution is -2.27. The van der Waals surface area contributed by atoms with Crippen molar-refractivity contribution in [1.82, 2.24) is 0 Å². The predicted molar refractivity (Wildman–Crippen MR) is 48.1 cm³/mol. The van der Waals surface area contributed by atoms with Crippen molar-refractivity contribution in [3.8, 4) is 0 Å². The summed E-state index contributed by atoms with van der Waals surface area (Å²) >= 11 is 4.48. The van der Waals surface area contributed by atoms with Gasteiger partial charge in [0, 0.05) is 0 Å². The van der Waals surface area contributed by atoms with E-state index in [4.69, 9.17) is 4.74 Å². The third-order valence-electron chi connectivity index (χ3n) is 1.92. The molecule has 1 heterocycles. The van der Waals surface area contributed by atoms with Gasteiger partial charge in [-0.1, -0.05) is 0 Å². The molecule has 1 aliphatic heterocycles. The van der Waals surface area contributed by atoms with E-state index in [2.05, 4.69) is 29.3 Å². The molecule has 1 saturated heterocycles. The highest BCUT2D eigenvalue weighted by atomic mass is 32.1. The third kappa shape index (κ3) is 3.10. The minimum Gasteiger partial charge on any atom is -0.373 e. The zero-order valence-electron chi connectivity index (χ0n) is 6.75. The number of thiocarbonyl (C=S) groups is 1. The zero-order chi connectivity index (χ0) is 8.10. The molecule has 1 fully saturated rings. The monoisotopic (exact) mass is 171 g/mol. The Hall–Kier alpha value is -0.240. The summed E-state index contributed by atoms with van der Waals surface area (Å²) in [6.07, 6.45) is 4.23. The molecule has 0 aromatic rings. The van der Waals surface area contributed by atoms with Crippen LogP contribution >= 0.6 is 12.2 Å². The van der Waals surface area contributed by atoms with Crippen molar-refractivity contribution in [1.29, 1.82) is 0 Å². The van der Waals surface area contributed by atoms with Crippen LogP contribution in [0.2, 0.25) is 0 Å². The van der Waals surface area contributed by atoms with E-state index < -0.39 is 0 Å². The number of rotatable bonds is 2. The van der Waals surface area contributed by atoms with E-state index >= 15 is 0 Å². The minimum atomic E-state index is 0.286. The van der Waals surface area contributed by atoms with Crippen LogP contribution in [-0.4, -0.2) is 23.9 Å². The Morgan fingerprint density at radius 3 is 3.09 bits per heavy atom. The summed E-state index contributed by atoms with van der Waals surface area (Å²) in [4.78, 5) is 3.87. The maximum absolute atomic E-state index is 5.61. The van der Waals surface area contributed by atoms with Gasteiger partial charge < -0.3 is 4.74 Å². The molecule has 0 amide bonds. The molecule has 0 saturated carbocycles. The largest absolute Gasteiger partial charge is 0.373 e. The fourth-order valence-corrected chi connectivity index (χ4v) is 1.45. The Kier molecular flexibility index (Phi) is 3.70. The number of hydrogen-bond acceptors (Lipinski definition) is 3. The highest BCUT2D eigenvalue weighted by Crippen LogP contribution is 2.18. The van der Waals surface area contributed by atoms with E-state index in [1.54, 1.807) is 0 Å². The van der Waals surface area contributed by atoms with E-state index in [9.17, 15) is 0 Å². The zero-order valence-corrected chi connectivity index (χ0v) is 7.56. The first-order chi connectivity index (χ1) is 5.33. The first-order valence-corrected chi connectivity index (χ1v) is 4.43. The SMILES string of the molecule is C[C@H]1CCC[C@@H](CN=C=S)O1. The first-order valence-electron chi connectivity index (χ1n) is 4.02. The van der Waals surface area contributed by atoms with Gasteiger partial charge in [-0.3, -0.25) is 0 Å². The van der Waals surface area contributed by atoms with Crippen LogP contribution in [-0.2, 0) is 4.74 Å². The molecule has 11 heavy (non-hydrogen) atoms. The molecule has 3 heteroatoms. The van der Waals surface area contributed by atoms with Crippen LogP contribution in [0.4, 0.5) is 0 Å². The standard InChI is InChI=1S/C8H13NOS/c1-7-3-2-4-8(10-7)5-9-6-11/h7-8H,2-5H2,1H3/t7-,8-/m0/s1. The van der Waals surface area contributed by atoms with Gasteiger partial charge in [-0.05, 0) is 38.4 Å². The number of aliphatic imine (C=N–C) groups is 1. The molecule has 0 aliphatic carbocycles. The van der Waals surface area contributed by atoms with Gasteiger partial charge in [0.25, 0.3) is 0 Å². The van der Waals surface area contributed by atoms with Gasteiger partial charge in [0.1, 0.15) is 0 Å². The molecular weight excluding hydrogens is 158 g/mol. The van der Waals surface area contributed by atoms with Crippen molar-refractivity contribution in [2.75, 3.05) is 6.54 Å². The van der Waals surface area contributed by atoms with Gasteiger partial charge in [-0.15, -0.1) is 0 Å². The van der Waals surface area contributed by atoms with Crippen LogP contribution < -0.4 is 0 Å². The van der Waals surface area contributed by atoms with Crippen LogP contribution in [0.3, 0.4) is 0 Å². The minimum absolute atomic E-state index is 0.286. The van der Waals surface area contributed by atoms with E-state index in [0.717, 1.165) is 6.42 Å². The van der Waals surface area contributed by atoms with Gasteiger partial charge in [0.05, 0.1) is 23.9 Å². The van der Waals surface area contributed by atoms with E-state index in [1.807, 2.05) is 0 Å². The topological polar surface area (TPSA) is 21.6 Å². The lowest BCUT2D eigenvalue weighted by Gasteiger charge is -2.26. The number of hydrogen-bond donors (Lipinski definition) is 0. The number of isothiocyanates is 1. The molecule has 62 valence electrons. The Morgan fingerprint density at radius 2 is 2.45 bits per heavy atom. The summed E-state index contributed by atoms with van der Waals surface area (Å²) in [5.41, 5.74) is 0. The van der Waals surface area contributed by atoms with Crippen molar-refractivity contribution >= 4 is 17.4 Å². The van der Waals surface area contributed by atoms with Crippen LogP contribution in [0, 0.1) is 0 Å². The Labute approximate surface area is 72.7 Å². The molecule has 0 radical (unpaired) electrons. The summed E-state index contributed by atoms with van der Waals surface area (Å²) in [6, 6.07) is 0. The van der Waals surface area contributed by atoms with Crippen LogP contribution in [0.1, 0.15) is 26.2 Å². The summed E-state index contributed by atoms with van der Waals surface area (Å²) in [5, 5.41) is 2.36. The number of ether oxygens (including phenoxy) is 1. The quantitative estimate of drug-likeness (QED) is 0.468. The molecule has 0 aromatic heterocycles. The summed E-state index contributed by atoms with van der Waals surface area (Å²) in [6.45, 7) is 2.79. The van der Waals surface area contributed by atoms with Crippen molar-refractivity contribution in [2.45, 2.75) is 38.4 Å². The summed E-state index contributed by atoms with van der Waals surface area (Å²) in [5.74, 6) is 0. The molecule has 2 atom stereocenters. The van der Waals surface area contributed by atoms with Gasteiger partial charge >= 0.3 is 0 Å². The van der Waals surface area contributed by atoms with Crippen molar-refractivity contribution in [2.24, 2.45) is 4.99 Å². The van der Waals surface area contributed by atoms with Gasteiger partial charge in [0.15, 0.2) is 0 Å². The van der Waals surface area contributed by atoms with Crippen LogP contribution in [0.15, 0.2) is 4.99 Å². The van der Waals surface area contributed by atoms with E-state index in [0.29, 0.717) is 12.6 Å². The second-order valence-electron chi connectivity index (χ2n) is 2.93. The average molecular weight is 171 g/mol. The van der Waals surface area contributed by atoms with Crippen molar-refractivity contribution in [3.63, 3.8) is 0 Å². The molecule has 0 unspecified atom stereocenters. The molecule has 0 N–H and O–H groups in total. The van der Waals surface area contributed by atoms with Gasteiger partial charge in [-0.2, -0.15) is 0 Å². The molecule has 0 aromatic carbocycles. The lowest BCUT2D eigenvalue weighted by atomic mass is 10.1. The fourth-order valence-electron chi connectivity index (χ4n) is 1.37. The fraction of sp³-hybridized carbons (Fsp3) is 0.875. The molecule has 0 bridgehead atoms. The second-order valence-corrected chi connectivity index (χ2v) is 3.11. The predicted octanol–water partition coefficient (Wildman–Crippen LogP) is 2.05. The molecule has 1 rings (SSSR count). The molecule has 1 aliphatic rings. The van der Waals surface area contributed by atoms with Gasteiger partial charge in [-0.25, -0.2) is 4.99 Å². The Morgan fingerprint density at radius 1 is 1.64 bits per heavy atom. The average Bonchev–Trinajstić information content (AvgIpc) is 2.01. The molecule has 0 spiro atoms. The summed E-state index contributed by atoms with van der Waals surface area (Å²) in [7, 11) is 0. The first kappa shape index (κ1) is 8.85. The van der Waals surface area contributed by atoms with E-state index in [1.165, 1.54) is 12.8 Å². The Bertz CT molecular complexity index is 165. The van der Waals surface area contributed by atoms with Crippen molar-refractivity contribution in [3.05, 3.63) is 0 Å². The maximum atomic E-state index is 5.61. The number of nitrogens with zero attached hydrogens (tertiary/aromatic N) is 1. The highest BCUT2D eigenvalue weighted by Gasteiger charge is 2.17. The van der Waals surface area contributed by atoms with Crippen molar-refractivity contribution < 1.29 is 4.74 Å². The summed E-state index contributed by atoms with van der Waals surface area (Å²) < 4.78 is 5.61. The lowest BCUT2D eigenvalue weighted by molar-refractivity contribution is -0.0338. The maximum Gasteiger partial charge on any atom is 0.0781 e. The highest BCUT2D eigenvalue weighted by molar-refractivity contribution is 7.78. The molecular formula is C8H13NOS. The van der Waals surface area contributed by atoms with Gasteiger partial charge in [0.2, 0.25) is 0 Å². The van der Waals surface area contributed by atoms with Crippen LogP contribution in [0.5, 0.6) is 0 Å².